The lowest BCUT2D eigenvalue weighted by atomic mass is 10.1. The number of carbonyl (C=O) groups excluding carboxylic acids is 1. The summed E-state index contributed by atoms with van der Waals surface area (Å²) in [6.07, 6.45) is 1.78. The molecule has 31 heavy (non-hydrogen) atoms. The van der Waals surface area contributed by atoms with Gasteiger partial charge in [-0.1, -0.05) is 36.4 Å². The van der Waals surface area contributed by atoms with E-state index in [0.29, 0.717) is 23.2 Å². The number of hydrogen-bond acceptors (Lipinski definition) is 4. The van der Waals surface area contributed by atoms with Crippen molar-refractivity contribution in [3.05, 3.63) is 94.1 Å². The number of methoxy groups -OCH3 is 1. The van der Waals surface area contributed by atoms with Gasteiger partial charge >= 0.3 is 0 Å². The Morgan fingerprint density at radius 3 is 2.52 bits per heavy atom. The van der Waals surface area contributed by atoms with Gasteiger partial charge in [-0.25, -0.2) is 0 Å². The number of amides is 1. The molecule has 5 nitrogen and oxygen atoms in total. The second-order valence-electron chi connectivity index (χ2n) is 6.75. The molecule has 4 rings (SSSR count). The topological polar surface area (TPSA) is 50.8 Å². The van der Waals surface area contributed by atoms with Crippen molar-refractivity contribution in [2.24, 2.45) is 0 Å². The number of para-hydroxylation sites is 2. The number of benzene rings is 3. The number of anilines is 1. The van der Waals surface area contributed by atoms with Gasteiger partial charge in [0.2, 0.25) is 0 Å². The third-order valence-electron chi connectivity index (χ3n) is 4.73. The standard InChI is InChI=1S/C24H19BrN2O3S/c1-29-21-12-11-16(13-17(21)15-30-22-10-6-5-9-19(22)25)14-20-23(28)27(24(31)26-20)18-7-3-2-4-8-18/h2-14H,15H2,1H3,(H,26,31)/b20-14+. The van der Waals surface area contributed by atoms with Gasteiger partial charge in [-0.2, -0.15) is 0 Å². The molecule has 7 heteroatoms. The van der Waals surface area contributed by atoms with Gasteiger partial charge in [0.25, 0.3) is 5.91 Å². The molecule has 0 aromatic heterocycles. The van der Waals surface area contributed by atoms with Gasteiger partial charge in [0, 0.05) is 5.56 Å². The highest BCUT2D eigenvalue weighted by Gasteiger charge is 2.31. The molecule has 0 radical (unpaired) electrons. The summed E-state index contributed by atoms with van der Waals surface area (Å²) in [7, 11) is 1.62. The smallest absolute Gasteiger partial charge is 0.281 e. The largest absolute Gasteiger partial charge is 0.496 e. The summed E-state index contributed by atoms with van der Waals surface area (Å²) in [5, 5.41) is 3.37. The van der Waals surface area contributed by atoms with E-state index in [9.17, 15) is 4.79 Å². The molecule has 1 aliphatic heterocycles. The number of halogens is 1. The lowest BCUT2D eigenvalue weighted by molar-refractivity contribution is -0.113. The van der Waals surface area contributed by atoms with Crippen LogP contribution in [0.2, 0.25) is 0 Å². The Balaban J connectivity index is 1.58. The zero-order chi connectivity index (χ0) is 21.8. The van der Waals surface area contributed by atoms with E-state index < -0.39 is 0 Å². The van der Waals surface area contributed by atoms with Gasteiger partial charge in [0.15, 0.2) is 5.11 Å². The van der Waals surface area contributed by atoms with Gasteiger partial charge in [0.05, 0.1) is 17.3 Å². The van der Waals surface area contributed by atoms with Crippen molar-refractivity contribution in [1.82, 2.24) is 5.32 Å². The van der Waals surface area contributed by atoms with Crippen molar-refractivity contribution in [1.29, 1.82) is 0 Å². The molecular formula is C24H19BrN2O3S. The fraction of sp³-hybridized carbons (Fsp3) is 0.0833. The predicted octanol–water partition coefficient (Wildman–Crippen LogP) is 5.30. The first-order valence-electron chi connectivity index (χ1n) is 9.53. The first-order chi connectivity index (χ1) is 15.1. The summed E-state index contributed by atoms with van der Waals surface area (Å²) < 4.78 is 12.3. The van der Waals surface area contributed by atoms with Crippen LogP contribution in [-0.4, -0.2) is 18.1 Å². The normalized spacial score (nSPS) is 14.6. The Hall–Kier alpha value is -3.16. The monoisotopic (exact) mass is 494 g/mol. The van der Waals surface area contributed by atoms with Crippen molar-refractivity contribution in [3.8, 4) is 11.5 Å². The van der Waals surface area contributed by atoms with E-state index >= 15 is 0 Å². The number of nitrogens with zero attached hydrogens (tertiary/aromatic N) is 1. The van der Waals surface area contributed by atoms with Crippen LogP contribution in [0.1, 0.15) is 11.1 Å². The van der Waals surface area contributed by atoms with E-state index in [1.165, 1.54) is 4.90 Å². The molecule has 0 saturated carbocycles. The van der Waals surface area contributed by atoms with Crippen molar-refractivity contribution in [3.63, 3.8) is 0 Å². The Morgan fingerprint density at radius 2 is 1.77 bits per heavy atom. The molecule has 0 aliphatic carbocycles. The second kappa shape index (κ2) is 9.32. The zero-order valence-corrected chi connectivity index (χ0v) is 19.1. The van der Waals surface area contributed by atoms with Crippen LogP contribution in [0.4, 0.5) is 5.69 Å². The molecule has 0 atom stereocenters. The summed E-state index contributed by atoms with van der Waals surface area (Å²) >= 11 is 8.86. The summed E-state index contributed by atoms with van der Waals surface area (Å²) in [4.78, 5) is 14.4. The minimum atomic E-state index is -0.196. The van der Waals surface area contributed by atoms with Crippen LogP contribution in [-0.2, 0) is 11.4 Å². The maximum absolute atomic E-state index is 12.9. The third-order valence-corrected chi connectivity index (χ3v) is 5.67. The highest BCUT2D eigenvalue weighted by molar-refractivity contribution is 9.10. The number of thiocarbonyl (C=S) groups is 1. The van der Waals surface area contributed by atoms with Crippen molar-refractivity contribution in [2.75, 3.05) is 12.0 Å². The number of rotatable bonds is 6. The highest BCUT2D eigenvalue weighted by atomic mass is 79.9. The van der Waals surface area contributed by atoms with Crippen LogP contribution < -0.4 is 19.7 Å². The first-order valence-corrected chi connectivity index (χ1v) is 10.7. The Kier molecular flexibility index (Phi) is 6.34. The van der Waals surface area contributed by atoms with Gasteiger partial charge in [-0.05, 0) is 76.2 Å². The second-order valence-corrected chi connectivity index (χ2v) is 8.00. The molecule has 1 fully saturated rings. The molecule has 0 unspecified atom stereocenters. The number of nitrogens with one attached hydrogen (secondary N) is 1. The van der Waals surface area contributed by atoms with Crippen LogP contribution >= 0.6 is 28.1 Å². The summed E-state index contributed by atoms with van der Waals surface area (Å²) in [6.45, 7) is 0.318. The quantitative estimate of drug-likeness (QED) is 0.372. The van der Waals surface area contributed by atoms with Gasteiger partial charge in [-0.15, -0.1) is 0 Å². The Bertz CT molecular complexity index is 1160. The average molecular weight is 495 g/mol. The minimum Gasteiger partial charge on any atom is -0.496 e. The molecule has 1 saturated heterocycles. The number of hydrogen-bond donors (Lipinski definition) is 1. The Morgan fingerprint density at radius 1 is 1.03 bits per heavy atom. The van der Waals surface area contributed by atoms with Crippen LogP contribution in [0.15, 0.2) is 83.0 Å². The first kappa shape index (κ1) is 21.1. The van der Waals surface area contributed by atoms with E-state index in [0.717, 1.165) is 27.0 Å². The molecule has 0 spiro atoms. The van der Waals surface area contributed by atoms with Crippen molar-refractivity contribution in [2.45, 2.75) is 6.61 Å². The van der Waals surface area contributed by atoms with Crippen LogP contribution in [0, 0.1) is 0 Å². The molecule has 1 heterocycles. The minimum absolute atomic E-state index is 0.196. The SMILES string of the molecule is COc1ccc(/C=C2/NC(=S)N(c3ccccc3)C2=O)cc1COc1ccccc1Br. The highest BCUT2D eigenvalue weighted by Crippen LogP contribution is 2.28. The van der Waals surface area contributed by atoms with Gasteiger partial charge < -0.3 is 14.8 Å². The van der Waals surface area contributed by atoms with E-state index in [2.05, 4.69) is 21.2 Å². The summed E-state index contributed by atoms with van der Waals surface area (Å²) in [6, 6.07) is 22.7. The molecule has 1 amide bonds. The van der Waals surface area contributed by atoms with E-state index in [4.69, 9.17) is 21.7 Å². The zero-order valence-electron chi connectivity index (χ0n) is 16.7. The van der Waals surface area contributed by atoms with Crippen LogP contribution in [0.5, 0.6) is 11.5 Å². The lowest BCUT2D eigenvalue weighted by Crippen LogP contribution is -2.30. The van der Waals surface area contributed by atoms with Crippen LogP contribution in [0.3, 0.4) is 0 Å². The van der Waals surface area contributed by atoms with Gasteiger partial charge in [-0.3, -0.25) is 9.69 Å². The molecular weight excluding hydrogens is 476 g/mol. The maximum atomic E-state index is 12.9. The van der Waals surface area contributed by atoms with E-state index in [1.807, 2.05) is 72.8 Å². The van der Waals surface area contributed by atoms with E-state index in [1.54, 1.807) is 13.2 Å². The fourth-order valence-electron chi connectivity index (χ4n) is 3.23. The summed E-state index contributed by atoms with van der Waals surface area (Å²) in [5.41, 5.74) is 2.84. The molecule has 3 aromatic carbocycles. The van der Waals surface area contributed by atoms with Gasteiger partial charge in [0.1, 0.15) is 23.8 Å². The number of ether oxygens (including phenoxy) is 2. The van der Waals surface area contributed by atoms with Crippen molar-refractivity contribution >= 4 is 50.9 Å². The van der Waals surface area contributed by atoms with E-state index in [-0.39, 0.29) is 5.91 Å². The summed E-state index contributed by atoms with van der Waals surface area (Å²) in [5.74, 6) is 1.25. The molecule has 3 aromatic rings. The molecule has 156 valence electrons. The number of carbonyl (C=O) groups is 1. The van der Waals surface area contributed by atoms with Crippen molar-refractivity contribution < 1.29 is 14.3 Å². The average Bonchev–Trinajstić information content (AvgIpc) is 3.06. The molecule has 1 N–H and O–H groups in total. The Labute approximate surface area is 194 Å². The molecule has 0 bridgehead atoms. The molecule has 1 aliphatic rings. The predicted molar refractivity (Wildman–Crippen MR) is 129 cm³/mol. The lowest BCUT2D eigenvalue weighted by Gasteiger charge is -2.13. The van der Waals surface area contributed by atoms with Crippen LogP contribution in [0.25, 0.3) is 6.08 Å². The fourth-order valence-corrected chi connectivity index (χ4v) is 3.93. The third kappa shape index (κ3) is 4.62. The maximum Gasteiger partial charge on any atom is 0.281 e.